The summed E-state index contributed by atoms with van der Waals surface area (Å²) < 4.78 is 9.74. The van der Waals surface area contributed by atoms with Gasteiger partial charge in [0.05, 0.1) is 18.1 Å². The molecule has 0 amide bonds. The Hall–Kier alpha value is -1.88. The van der Waals surface area contributed by atoms with Crippen LogP contribution in [0, 0.1) is 5.41 Å². The molecule has 0 aliphatic heterocycles. The highest BCUT2D eigenvalue weighted by atomic mass is 16.5. The number of aliphatic carboxylic acids is 1. The third kappa shape index (κ3) is 3.91. The molecule has 0 spiro atoms. The second-order valence-corrected chi connectivity index (χ2v) is 6.24. The van der Waals surface area contributed by atoms with Gasteiger partial charge in [0.15, 0.2) is 0 Å². The van der Waals surface area contributed by atoms with Crippen molar-refractivity contribution in [2.45, 2.75) is 38.0 Å². The first-order valence-electron chi connectivity index (χ1n) is 7.93. The van der Waals surface area contributed by atoms with Gasteiger partial charge in [-0.15, -0.1) is 0 Å². The molecule has 2 unspecified atom stereocenters. The molecule has 2 atom stereocenters. The van der Waals surface area contributed by atoms with Gasteiger partial charge in [-0.25, -0.2) is 4.79 Å². The zero-order valence-corrected chi connectivity index (χ0v) is 13.7. The van der Waals surface area contributed by atoms with E-state index in [1.807, 2.05) is 12.1 Å². The van der Waals surface area contributed by atoms with Crippen LogP contribution in [0.5, 0.6) is 0 Å². The molecule has 2 rings (SSSR count). The molecule has 1 saturated carbocycles. The van der Waals surface area contributed by atoms with E-state index in [-0.39, 0.29) is 11.9 Å². The minimum atomic E-state index is -0.706. The Bertz CT molecular complexity index is 551. The quantitative estimate of drug-likeness (QED) is 0.617. The summed E-state index contributed by atoms with van der Waals surface area (Å²) in [6, 6.07) is 7.30. The Morgan fingerprint density at radius 2 is 1.96 bits per heavy atom. The molecule has 1 aromatic carbocycles. The van der Waals surface area contributed by atoms with Crippen LogP contribution < -0.4 is 0 Å². The lowest BCUT2D eigenvalue weighted by molar-refractivity contribution is -0.149. The second kappa shape index (κ2) is 7.59. The van der Waals surface area contributed by atoms with Crippen LogP contribution in [0.15, 0.2) is 24.3 Å². The number of carboxylic acids is 1. The van der Waals surface area contributed by atoms with E-state index in [0.29, 0.717) is 31.4 Å². The lowest BCUT2D eigenvalue weighted by atomic mass is 9.80. The number of rotatable bonds is 7. The molecule has 0 aromatic heterocycles. The standard InChI is InChI=1S/C18H24O5/c1-22-11-3-9-18(17(20)21)10-8-15(12-18)13-4-6-14(7-5-13)16(19)23-2/h4-7,15H,3,8-12H2,1-2H3,(H,20,21). The smallest absolute Gasteiger partial charge is 0.337 e. The molecule has 126 valence electrons. The topological polar surface area (TPSA) is 72.8 Å². The van der Waals surface area contributed by atoms with Crippen molar-refractivity contribution in [3.8, 4) is 0 Å². The van der Waals surface area contributed by atoms with Crippen molar-refractivity contribution in [2.24, 2.45) is 5.41 Å². The molecule has 1 aliphatic rings. The number of esters is 1. The SMILES string of the molecule is COCCCC1(C(=O)O)CCC(c2ccc(C(=O)OC)cc2)C1. The molecular formula is C18H24O5. The van der Waals surface area contributed by atoms with Gasteiger partial charge in [0.1, 0.15) is 0 Å². The highest BCUT2D eigenvalue weighted by molar-refractivity contribution is 5.89. The number of carboxylic acid groups (broad SMARTS) is 1. The van der Waals surface area contributed by atoms with Gasteiger partial charge in [-0.1, -0.05) is 12.1 Å². The van der Waals surface area contributed by atoms with Crippen molar-refractivity contribution >= 4 is 11.9 Å². The van der Waals surface area contributed by atoms with Crippen LogP contribution in [0.3, 0.4) is 0 Å². The fourth-order valence-corrected chi connectivity index (χ4v) is 3.50. The maximum Gasteiger partial charge on any atom is 0.337 e. The van der Waals surface area contributed by atoms with Gasteiger partial charge in [-0.3, -0.25) is 4.79 Å². The summed E-state index contributed by atoms with van der Waals surface area (Å²) in [7, 11) is 2.99. The molecule has 0 radical (unpaired) electrons. The van der Waals surface area contributed by atoms with Crippen LogP contribution in [0.4, 0.5) is 0 Å². The Morgan fingerprint density at radius 3 is 2.52 bits per heavy atom. The maximum absolute atomic E-state index is 11.8. The Labute approximate surface area is 136 Å². The van der Waals surface area contributed by atoms with Crippen LogP contribution >= 0.6 is 0 Å². The minimum absolute atomic E-state index is 0.223. The normalized spacial score (nSPS) is 23.7. The number of benzene rings is 1. The zero-order valence-electron chi connectivity index (χ0n) is 13.7. The summed E-state index contributed by atoms with van der Waals surface area (Å²) in [6.07, 6.45) is 3.60. The largest absolute Gasteiger partial charge is 0.481 e. The lowest BCUT2D eigenvalue weighted by Gasteiger charge is -2.24. The molecular weight excluding hydrogens is 296 g/mol. The Balaban J connectivity index is 2.07. The molecule has 0 bridgehead atoms. The van der Waals surface area contributed by atoms with Crippen LogP contribution in [-0.2, 0) is 14.3 Å². The van der Waals surface area contributed by atoms with Crippen molar-refractivity contribution < 1.29 is 24.2 Å². The van der Waals surface area contributed by atoms with E-state index in [2.05, 4.69) is 0 Å². The number of hydrogen-bond acceptors (Lipinski definition) is 4. The van der Waals surface area contributed by atoms with Crippen molar-refractivity contribution in [1.82, 2.24) is 0 Å². The molecule has 0 saturated heterocycles. The Kier molecular flexibility index (Phi) is 5.77. The number of ether oxygens (including phenoxy) is 2. The van der Waals surface area contributed by atoms with E-state index in [1.165, 1.54) is 7.11 Å². The predicted molar refractivity (Wildman–Crippen MR) is 85.6 cm³/mol. The predicted octanol–water partition coefficient (Wildman–Crippen LogP) is 3.24. The van der Waals surface area contributed by atoms with E-state index in [4.69, 9.17) is 9.47 Å². The van der Waals surface area contributed by atoms with Crippen molar-refractivity contribution in [1.29, 1.82) is 0 Å². The summed E-state index contributed by atoms with van der Waals surface area (Å²) in [5, 5.41) is 9.67. The van der Waals surface area contributed by atoms with Gasteiger partial charge in [0, 0.05) is 13.7 Å². The Morgan fingerprint density at radius 1 is 1.26 bits per heavy atom. The molecule has 1 fully saturated rings. The fourth-order valence-electron chi connectivity index (χ4n) is 3.50. The van der Waals surface area contributed by atoms with Gasteiger partial charge in [0.2, 0.25) is 0 Å². The monoisotopic (exact) mass is 320 g/mol. The summed E-state index contributed by atoms with van der Waals surface area (Å²) in [5.41, 5.74) is 0.955. The summed E-state index contributed by atoms with van der Waals surface area (Å²) >= 11 is 0. The zero-order chi connectivity index (χ0) is 16.9. The lowest BCUT2D eigenvalue weighted by Crippen LogP contribution is -2.28. The summed E-state index contributed by atoms with van der Waals surface area (Å²) in [4.78, 5) is 23.2. The van der Waals surface area contributed by atoms with Crippen molar-refractivity contribution in [3.63, 3.8) is 0 Å². The maximum atomic E-state index is 11.8. The van der Waals surface area contributed by atoms with Gasteiger partial charge < -0.3 is 14.6 Å². The average Bonchev–Trinajstić information content (AvgIpc) is 3.00. The third-order valence-electron chi connectivity index (χ3n) is 4.87. The van der Waals surface area contributed by atoms with Crippen molar-refractivity contribution in [2.75, 3.05) is 20.8 Å². The first-order valence-corrected chi connectivity index (χ1v) is 7.93. The van der Waals surface area contributed by atoms with Crippen LogP contribution in [0.2, 0.25) is 0 Å². The van der Waals surface area contributed by atoms with E-state index in [0.717, 1.165) is 18.4 Å². The average molecular weight is 320 g/mol. The first-order chi connectivity index (χ1) is 11.0. The van der Waals surface area contributed by atoms with Gasteiger partial charge in [-0.2, -0.15) is 0 Å². The molecule has 0 heterocycles. The third-order valence-corrected chi connectivity index (χ3v) is 4.87. The van der Waals surface area contributed by atoms with Gasteiger partial charge in [-0.05, 0) is 55.7 Å². The number of carbonyl (C=O) groups is 2. The number of hydrogen-bond donors (Lipinski definition) is 1. The fraction of sp³-hybridized carbons (Fsp3) is 0.556. The van der Waals surface area contributed by atoms with Gasteiger partial charge in [0.25, 0.3) is 0 Å². The van der Waals surface area contributed by atoms with E-state index in [9.17, 15) is 14.7 Å². The molecule has 1 aromatic rings. The molecule has 23 heavy (non-hydrogen) atoms. The minimum Gasteiger partial charge on any atom is -0.481 e. The summed E-state index contributed by atoms with van der Waals surface area (Å²) in [5.74, 6) is -0.843. The molecule has 1 N–H and O–H groups in total. The number of carbonyl (C=O) groups excluding carboxylic acids is 1. The summed E-state index contributed by atoms with van der Waals surface area (Å²) in [6.45, 7) is 0.591. The van der Waals surface area contributed by atoms with Crippen molar-refractivity contribution in [3.05, 3.63) is 35.4 Å². The first kappa shape index (κ1) is 17.5. The number of methoxy groups -OCH3 is 2. The van der Waals surface area contributed by atoms with E-state index < -0.39 is 11.4 Å². The highest BCUT2D eigenvalue weighted by Gasteiger charge is 2.45. The molecule has 5 heteroatoms. The molecule has 1 aliphatic carbocycles. The van der Waals surface area contributed by atoms with Crippen LogP contribution in [0.1, 0.15) is 53.9 Å². The van der Waals surface area contributed by atoms with Crippen LogP contribution in [-0.4, -0.2) is 37.9 Å². The van der Waals surface area contributed by atoms with E-state index >= 15 is 0 Å². The van der Waals surface area contributed by atoms with Crippen LogP contribution in [0.25, 0.3) is 0 Å². The second-order valence-electron chi connectivity index (χ2n) is 6.24. The highest BCUT2D eigenvalue weighted by Crippen LogP contribution is 2.49. The molecule has 5 nitrogen and oxygen atoms in total. The van der Waals surface area contributed by atoms with Gasteiger partial charge >= 0.3 is 11.9 Å². The van der Waals surface area contributed by atoms with E-state index in [1.54, 1.807) is 19.2 Å².